The molecular formula is C21H29FN2O3. The molecule has 3 aliphatic rings. The third kappa shape index (κ3) is 3.83. The summed E-state index contributed by atoms with van der Waals surface area (Å²) in [5.74, 6) is 0.487. The molecule has 2 aliphatic heterocycles. The van der Waals surface area contributed by atoms with E-state index in [2.05, 4.69) is 4.90 Å². The van der Waals surface area contributed by atoms with Gasteiger partial charge in [-0.3, -0.25) is 9.69 Å². The summed E-state index contributed by atoms with van der Waals surface area (Å²) in [7, 11) is 0. The number of hydrogen-bond acceptors (Lipinski definition) is 4. The summed E-state index contributed by atoms with van der Waals surface area (Å²) >= 11 is 0. The van der Waals surface area contributed by atoms with Gasteiger partial charge in [0.2, 0.25) is 0 Å². The molecule has 0 aromatic heterocycles. The summed E-state index contributed by atoms with van der Waals surface area (Å²) in [6.07, 6.45) is 5.81. The van der Waals surface area contributed by atoms with E-state index in [-0.39, 0.29) is 30.4 Å². The van der Waals surface area contributed by atoms with Gasteiger partial charge >= 0.3 is 0 Å². The van der Waals surface area contributed by atoms with E-state index >= 15 is 0 Å². The number of amides is 1. The monoisotopic (exact) mass is 376 g/mol. The molecule has 0 radical (unpaired) electrons. The SMILES string of the molecule is O=C(COc1ccc(F)cc1)N1CCC2(CC1)CN(C1CCC1)CC2CO. The van der Waals surface area contributed by atoms with Gasteiger partial charge in [0.05, 0.1) is 0 Å². The highest BCUT2D eigenvalue weighted by Crippen LogP contribution is 2.46. The lowest BCUT2D eigenvalue weighted by Gasteiger charge is -2.43. The lowest BCUT2D eigenvalue weighted by Crippen LogP contribution is -2.48. The summed E-state index contributed by atoms with van der Waals surface area (Å²) in [4.78, 5) is 16.9. The largest absolute Gasteiger partial charge is 0.484 e. The Hall–Kier alpha value is -1.66. The molecule has 2 saturated heterocycles. The Balaban J connectivity index is 1.29. The molecule has 1 aromatic rings. The van der Waals surface area contributed by atoms with Crippen LogP contribution < -0.4 is 4.74 Å². The number of benzene rings is 1. The molecule has 148 valence electrons. The number of likely N-dealkylation sites (tertiary alicyclic amines) is 2. The van der Waals surface area contributed by atoms with Crippen molar-refractivity contribution < 1.29 is 19.0 Å². The number of rotatable bonds is 5. The number of aliphatic hydroxyl groups is 1. The van der Waals surface area contributed by atoms with Crippen LogP contribution in [0, 0.1) is 17.2 Å². The molecule has 6 heteroatoms. The third-order valence-corrected chi connectivity index (χ3v) is 6.94. The van der Waals surface area contributed by atoms with Gasteiger partial charge in [0, 0.05) is 44.7 Å². The fourth-order valence-corrected chi connectivity index (χ4v) is 4.89. The van der Waals surface area contributed by atoms with E-state index in [4.69, 9.17) is 4.74 Å². The van der Waals surface area contributed by atoms with E-state index in [1.54, 1.807) is 0 Å². The smallest absolute Gasteiger partial charge is 0.260 e. The van der Waals surface area contributed by atoms with Gasteiger partial charge in [-0.2, -0.15) is 0 Å². The van der Waals surface area contributed by atoms with Crippen LogP contribution in [-0.2, 0) is 4.79 Å². The molecule has 4 rings (SSSR count). The van der Waals surface area contributed by atoms with Crippen molar-refractivity contribution in [1.82, 2.24) is 9.80 Å². The van der Waals surface area contributed by atoms with Gasteiger partial charge < -0.3 is 14.7 Å². The molecule has 5 nitrogen and oxygen atoms in total. The van der Waals surface area contributed by atoms with E-state index < -0.39 is 0 Å². The lowest BCUT2D eigenvalue weighted by atomic mass is 9.71. The Morgan fingerprint density at radius 1 is 1.22 bits per heavy atom. The van der Waals surface area contributed by atoms with E-state index in [1.165, 1.54) is 43.5 Å². The number of nitrogens with zero attached hydrogens (tertiary/aromatic N) is 2. The number of carbonyl (C=O) groups is 1. The van der Waals surface area contributed by atoms with Crippen LogP contribution in [0.1, 0.15) is 32.1 Å². The van der Waals surface area contributed by atoms with Crippen molar-refractivity contribution in [2.24, 2.45) is 11.3 Å². The fourth-order valence-electron chi connectivity index (χ4n) is 4.89. The normalized spacial score (nSPS) is 25.6. The van der Waals surface area contributed by atoms with E-state index in [0.717, 1.165) is 39.0 Å². The van der Waals surface area contributed by atoms with Crippen LogP contribution in [0.4, 0.5) is 4.39 Å². The predicted octanol–water partition coefficient (Wildman–Crippen LogP) is 2.29. The number of aliphatic hydroxyl groups excluding tert-OH is 1. The van der Waals surface area contributed by atoms with Crippen molar-refractivity contribution in [3.05, 3.63) is 30.1 Å². The second kappa shape index (κ2) is 7.76. The Morgan fingerprint density at radius 2 is 1.93 bits per heavy atom. The zero-order valence-corrected chi connectivity index (χ0v) is 15.8. The summed E-state index contributed by atoms with van der Waals surface area (Å²) in [5.41, 5.74) is 0.152. The topological polar surface area (TPSA) is 53.0 Å². The van der Waals surface area contributed by atoms with Crippen molar-refractivity contribution >= 4 is 5.91 Å². The zero-order valence-electron chi connectivity index (χ0n) is 15.8. The predicted molar refractivity (Wildman–Crippen MR) is 99.9 cm³/mol. The van der Waals surface area contributed by atoms with Crippen LogP contribution in [-0.4, -0.2) is 66.2 Å². The zero-order chi connectivity index (χ0) is 18.9. The molecule has 1 saturated carbocycles. The first-order chi connectivity index (χ1) is 13.1. The first kappa shape index (κ1) is 18.7. The van der Waals surface area contributed by atoms with Gasteiger partial charge in [0.15, 0.2) is 6.61 Å². The molecule has 1 amide bonds. The lowest BCUT2D eigenvalue weighted by molar-refractivity contribution is -0.136. The summed E-state index contributed by atoms with van der Waals surface area (Å²) in [6, 6.07) is 6.43. The average molecular weight is 376 g/mol. The maximum Gasteiger partial charge on any atom is 0.260 e. The molecular weight excluding hydrogens is 347 g/mol. The molecule has 1 atom stereocenters. The summed E-state index contributed by atoms with van der Waals surface area (Å²) < 4.78 is 18.4. The Bertz CT molecular complexity index is 654. The van der Waals surface area contributed by atoms with Crippen molar-refractivity contribution in [2.45, 2.75) is 38.1 Å². The minimum absolute atomic E-state index is 0.0176. The van der Waals surface area contributed by atoms with Gasteiger partial charge in [0.25, 0.3) is 5.91 Å². The number of carbonyl (C=O) groups excluding carboxylic acids is 1. The maximum absolute atomic E-state index is 12.9. The Morgan fingerprint density at radius 3 is 2.52 bits per heavy atom. The van der Waals surface area contributed by atoms with E-state index in [0.29, 0.717) is 17.7 Å². The number of hydrogen-bond donors (Lipinski definition) is 1. The van der Waals surface area contributed by atoms with Crippen LogP contribution in [0.15, 0.2) is 24.3 Å². The highest BCUT2D eigenvalue weighted by molar-refractivity contribution is 5.77. The van der Waals surface area contributed by atoms with Crippen LogP contribution in [0.5, 0.6) is 5.75 Å². The highest BCUT2D eigenvalue weighted by atomic mass is 19.1. The number of ether oxygens (including phenoxy) is 1. The van der Waals surface area contributed by atoms with Crippen LogP contribution >= 0.6 is 0 Å². The second-order valence-corrected chi connectivity index (χ2v) is 8.38. The number of halogens is 1. The molecule has 27 heavy (non-hydrogen) atoms. The quantitative estimate of drug-likeness (QED) is 0.857. The van der Waals surface area contributed by atoms with Gasteiger partial charge in [-0.1, -0.05) is 6.42 Å². The van der Waals surface area contributed by atoms with Crippen molar-refractivity contribution in [3.8, 4) is 5.75 Å². The summed E-state index contributed by atoms with van der Waals surface area (Å²) in [6.45, 7) is 3.74. The van der Waals surface area contributed by atoms with E-state index in [1.807, 2.05) is 4.90 Å². The van der Waals surface area contributed by atoms with Crippen molar-refractivity contribution in [2.75, 3.05) is 39.4 Å². The van der Waals surface area contributed by atoms with Crippen molar-refractivity contribution in [1.29, 1.82) is 0 Å². The minimum atomic E-state index is -0.319. The van der Waals surface area contributed by atoms with Gasteiger partial charge in [-0.05, 0) is 55.4 Å². The van der Waals surface area contributed by atoms with Crippen LogP contribution in [0.2, 0.25) is 0 Å². The van der Waals surface area contributed by atoms with Crippen LogP contribution in [0.25, 0.3) is 0 Å². The Labute approximate surface area is 160 Å². The van der Waals surface area contributed by atoms with E-state index in [9.17, 15) is 14.3 Å². The number of piperidine rings is 1. The molecule has 2 heterocycles. The van der Waals surface area contributed by atoms with Crippen molar-refractivity contribution in [3.63, 3.8) is 0 Å². The molecule has 1 N–H and O–H groups in total. The van der Waals surface area contributed by atoms with Gasteiger partial charge in [0.1, 0.15) is 11.6 Å². The first-order valence-electron chi connectivity index (χ1n) is 10.1. The standard InChI is InChI=1S/C21H29FN2O3/c22-17-4-6-19(7-5-17)27-14-20(26)23-10-8-21(9-11-23)15-24(12-16(21)13-25)18-2-1-3-18/h4-7,16,18,25H,1-3,8-15H2. The Kier molecular flexibility index (Phi) is 5.37. The maximum atomic E-state index is 12.9. The molecule has 1 aliphatic carbocycles. The first-order valence-corrected chi connectivity index (χ1v) is 10.1. The average Bonchev–Trinajstić information content (AvgIpc) is 2.97. The molecule has 1 unspecified atom stereocenters. The van der Waals surface area contributed by atoms with Gasteiger partial charge in [-0.25, -0.2) is 4.39 Å². The third-order valence-electron chi connectivity index (χ3n) is 6.94. The summed E-state index contributed by atoms with van der Waals surface area (Å²) in [5, 5.41) is 9.92. The molecule has 1 spiro atoms. The second-order valence-electron chi connectivity index (χ2n) is 8.38. The van der Waals surface area contributed by atoms with Crippen LogP contribution in [0.3, 0.4) is 0 Å². The molecule has 3 fully saturated rings. The highest BCUT2D eigenvalue weighted by Gasteiger charge is 2.49. The fraction of sp³-hybridized carbons (Fsp3) is 0.667. The molecule has 0 bridgehead atoms. The molecule has 1 aromatic carbocycles. The minimum Gasteiger partial charge on any atom is -0.484 e. The van der Waals surface area contributed by atoms with Gasteiger partial charge in [-0.15, -0.1) is 0 Å².